The third kappa shape index (κ3) is 2.77. The lowest BCUT2D eigenvalue weighted by Gasteiger charge is -2.35. The van der Waals surface area contributed by atoms with E-state index in [1.54, 1.807) is 20.1 Å². The number of rotatable bonds is 3. The van der Waals surface area contributed by atoms with Crippen LogP contribution in [0.15, 0.2) is 0 Å². The molecule has 3 unspecified atom stereocenters. The molecule has 1 aliphatic rings. The number of nitrogens with one attached hydrogen (secondary N) is 1. The summed E-state index contributed by atoms with van der Waals surface area (Å²) in [6, 6.07) is -0.934. The summed E-state index contributed by atoms with van der Waals surface area (Å²) in [6.45, 7) is 3.71. The lowest BCUT2D eigenvalue weighted by atomic mass is 10.1. The molecule has 2 amide bonds. The summed E-state index contributed by atoms with van der Waals surface area (Å²) >= 11 is 0. The Morgan fingerprint density at radius 2 is 2.00 bits per heavy atom. The van der Waals surface area contributed by atoms with Crippen molar-refractivity contribution in [1.82, 2.24) is 10.2 Å². The molecule has 0 aromatic carbocycles. The van der Waals surface area contributed by atoms with E-state index in [4.69, 9.17) is 0 Å². The van der Waals surface area contributed by atoms with Crippen LogP contribution >= 0.6 is 0 Å². The molecule has 0 bridgehead atoms. The van der Waals surface area contributed by atoms with Crippen molar-refractivity contribution < 1.29 is 13.8 Å². The molecule has 0 aromatic rings. The van der Waals surface area contributed by atoms with Crippen LogP contribution in [0.25, 0.3) is 0 Å². The maximum Gasteiger partial charge on any atom is 0.245 e. The number of amides is 2. The van der Waals surface area contributed by atoms with Gasteiger partial charge in [-0.15, -0.1) is 0 Å². The van der Waals surface area contributed by atoms with E-state index in [0.717, 1.165) is 0 Å². The van der Waals surface area contributed by atoms with Gasteiger partial charge in [0.25, 0.3) is 0 Å². The Kier molecular flexibility index (Phi) is 3.84. The number of hydrogen-bond donors (Lipinski definition) is 1. The molecule has 0 saturated carbocycles. The van der Waals surface area contributed by atoms with Crippen LogP contribution in [0.1, 0.15) is 13.8 Å². The second-order valence-corrected chi connectivity index (χ2v) is 5.27. The molecular formula is C9H16N2O3S. The first-order valence-corrected chi connectivity index (χ1v) is 6.57. The zero-order valence-corrected chi connectivity index (χ0v) is 9.97. The highest BCUT2D eigenvalue weighted by molar-refractivity contribution is 7.84. The first kappa shape index (κ1) is 12.2. The number of carbonyl (C=O) groups excluding carboxylic acids is 2. The largest absolute Gasteiger partial charge is 0.343 e. The molecule has 5 nitrogen and oxygen atoms in total. The van der Waals surface area contributed by atoms with Gasteiger partial charge in [0, 0.05) is 29.4 Å². The Morgan fingerprint density at radius 1 is 1.40 bits per heavy atom. The number of carbonyl (C=O) groups is 2. The van der Waals surface area contributed by atoms with Gasteiger partial charge in [-0.3, -0.25) is 13.8 Å². The molecule has 1 fully saturated rings. The summed E-state index contributed by atoms with van der Waals surface area (Å²) < 4.78 is 10.9. The second-order valence-electron chi connectivity index (χ2n) is 3.72. The molecule has 1 N–H and O–H groups in total. The van der Waals surface area contributed by atoms with E-state index in [1.165, 1.54) is 4.90 Å². The minimum atomic E-state index is -0.945. The summed E-state index contributed by atoms with van der Waals surface area (Å²) in [7, 11) is -0.945. The summed E-state index contributed by atoms with van der Waals surface area (Å²) in [4.78, 5) is 24.6. The van der Waals surface area contributed by atoms with Gasteiger partial charge in [-0.2, -0.15) is 0 Å². The predicted octanol–water partition coefficient (Wildman–Crippen LogP) is -0.900. The number of piperazine rings is 1. The van der Waals surface area contributed by atoms with Crippen LogP contribution in [0, 0.1) is 0 Å². The van der Waals surface area contributed by atoms with Gasteiger partial charge in [0.05, 0.1) is 0 Å². The van der Waals surface area contributed by atoms with E-state index in [-0.39, 0.29) is 11.8 Å². The fourth-order valence-corrected chi connectivity index (χ4v) is 1.96. The van der Waals surface area contributed by atoms with Gasteiger partial charge in [-0.25, -0.2) is 0 Å². The predicted molar refractivity (Wildman–Crippen MR) is 57.7 cm³/mol. The standard InChI is InChI=1S/C9H16N2O3S/c1-6-9(13)11(4-5-15(3)14)7(2)8(12)10-6/h6-7H,4-5H2,1-3H3,(H,10,12). The van der Waals surface area contributed by atoms with Crippen LogP contribution in [0.2, 0.25) is 0 Å². The molecule has 1 rings (SSSR count). The third-order valence-corrected chi connectivity index (χ3v) is 3.24. The first-order valence-electron chi connectivity index (χ1n) is 4.84. The van der Waals surface area contributed by atoms with Gasteiger partial charge in [-0.05, 0) is 13.8 Å². The van der Waals surface area contributed by atoms with E-state index in [9.17, 15) is 13.8 Å². The molecule has 15 heavy (non-hydrogen) atoms. The van der Waals surface area contributed by atoms with Gasteiger partial charge in [0.1, 0.15) is 12.1 Å². The number of nitrogens with zero attached hydrogens (tertiary/aromatic N) is 1. The molecule has 86 valence electrons. The first-order chi connectivity index (χ1) is 6.93. The molecule has 0 spiro atoms. The fraction of sp³-hybridized carbons (Fsp3) is 0.778. The highest BCUT2D eigenvalue weighted by atomic mass is 32.2. The SMILES string of the molecule is CC1NC(=O)C(C)N(CCS(C)=O)C1=O. The lowest BCUT2D eigenvalue weighted by molar-refractivity contribution is -0.147. The topological polar surface area (TPSA) is 66.5 Å². The average molecular weight is 232 g/mol. The Bertz CT molecular complexity index is 306. The van der Waals surface area contributed by atoms with Crippen molar-refractivity contribution in [3.63, 3.8) is 0 Å². The van der Waals surface area contributed by atoms with E-state index < -0.39 is 22.9 Å². The molecule has 3 atom stereocenters. The van der Waals surface area contributed by atoms with E-state index in [1.807, 2.05) is 0 Å². The Hall–Kier alpha value is -0.910. The minimum Gasteiger partial charge on any atom is -0.343 e. The van der Waals surface area contributed by atoms with Crippen molar-refractivity contribution in [2.75, 3.05) is 18.6 Å². The van der Waals surface area contributed by atoms with Crippen LogP contribution in [0.5, 0.6) is 0 Å². The smallest absolute Gasteiger partial charge is 0.245 e. The van der Waals surface area contributed by atoms with Gasteiger partial charge < -0.3 is 10.2 Å². The summed E-state index contributed by atoms with van der Waals surface area (Å²) in [5.41, 5.74) is 0. The minimum absolute atomic E-state index is 0.104. The summed E-state index contributed by atoms with van der Waals surface area (Å²) in [6.07, 6.45) is 1.59. The Balaban J connectivity index is 2.69. The van der Waals surface area contributed by atoms with E-state index >= 15 is 0 Å². The van der Waals surface area contributed by atoms with Crippen molar-refractivity contribution >= 4 is 22.6 Å². The van der Waals surface area contributed by atoms with Crippen LogP contribution in [0.4, 0.5) is 0 Å². The van der Waals surface area contributed by atoms with Crippen molar-refractivity contribution in [2.45, 2.75) is 25.9 Å². The van der Waals surface area contributed by atoms with Crippen LogP contribution in [-0.4, -0.2) is 51.6 Å². The van der Waals surface area contributed by atoms with Crippen molar-refractivity contribution in [3.8, 4) is 0 Å². The van der Waals surface area contributed by atoms with E-state index in [0.29, 0.717) is 12.3 Å². The highest BCUT2D eigenvalue weighted by Gasteiger charge is 2.35. The van der Waals surface area contributed by atoms with E-state index in [2.05, 4.69) is 5.32 Å². The lowest BCUT2D eigenvalue weighted by Crippen LogP contribution is -2.61. The molecule has 0 aliphatic carbocycles. The monoisotopic (exact) mass is 232 g/mol. The number of hydrogen-bond acceptors (Lipinski definition) is 3. The van der Waals surface area contributed by atoms with Crippen molar-refractivity contribution in [2.24, 2.45) is 0 Å². The maximum absolute atomic E-state index is 11.7. The normalized spacial score (nSPS) is 28.9. The zero-order valence-electron chi connectivity index (χ0n) is 9.15. The molecule has 1 heterocycles. The molecule has 1 saturated heterocycles. The Labute approximate surface area is 91.7 Å². The summed E-state index contributed by atoms with van der Waals surface area (Å²) in [5.74, 6) is 0.160. The van der Waals surface area contributed by atoms with Crippen LogP contribution < -0.4 is 5.32 Å². The van der Waals surface area contributed by atoms with Crippen LogP contribution in [0.3, 0.4) is 0 Å². The third-order valence-electron chi connectivity index (χ3n) is 2.48. The molecule has 0 radical (unpaired) electrons. The highest BCUT2D eigenvalue weighted by Crippen LogP contribution is 2.09. The van der Waals surface area contributed by atoms with Gasteiger partial charge in [0.15, 0.2) is 0 Å². The van der Waals surface area contributed by atoms with Gasteiger partial charge in [-0.1, -0.05) is 0 Å². The van der Waals surface area contributed by atoms with Crippen LogP contribution in [-0.2, 0) is 20.4 Å². The van der Waals surface area contributed by atoms with Crippen molar-refractivity contribution in [1.29, 1.82) is 0 Å². The molecule has 0 aromatic heterocycles. The second kappa shape index (κ2) is 4.74. The van der Waals surface area contributed by atoms with Gasteiger partial charge in [0.2, 0.25) is 11.8 Å². The quantitative estimate of drug-likeness (QED) is 0.686. The fourth-order valence-electron chi connectivity index (χ4n) is 1.51. The van der Waals surface area contributed by atoms with Crippen molar-refractivity contribution in [3.05, 3.63) is 0 Å². The molecular weight excluding hydrogens is 216 g/mol. The van der Waals surface area contributed by atoms with Gasteiger partial charge >= 0.3 is 0 Å². The average Bonchev–Trinajstić information content (AvgIpc) is 2.14. The molecule has 6 heteroatoms. The molecule has 1 aliphatic heterocycles. The zero-order chi connectivity index (χ0) is 11.6. The maximum atomic E-state index is 11.7. The summed E-state index contributed by atoms with van der Waals surface area (Å²) in [5, 5.41) is 2.59. The Morgan fingerprint density at radius 3 is 2.53 bits per heavy atom.